The summed E-state index contributed by atoms with van der Waals surface area (Å²) in [5, 5.41) is 19.2. The summed E-state index contributed by atoms with van der Waals surface area (Å²) in [5.74, 6) is -1.36. The van der Waals surface area contributed by atoms with Crippen molar-refractivity contribution in [2.24, 2.45) is 4.99 Å². The van der Waals surface area contributed by atoms with E-state index in [0.29, 0.717) is 22.6 Å². The van der Waals surface area contributed by atoms with Crippen molar-refractivity contribution in [2.45, 2.75) is 0 Å². The summed E-state index contributed by atoms with van der Waals surface area (Å²) in [6.45, 7) is 0. The van der Waals surface area contributed by atoms with Gasteiger partial charge >= 0.3 is 5.97 Å². The maximum Gasteiger partial charge on any atom is 0.335 e. The van der Waals surface area contributed by atoms with Crippen LogP contribution in [-0.2, 0) is 0 Å². The predicted octanol–water partition coefficient (Wildman–Crippen LogP) is 4.07. The first-order valence-corrected chi connectivity index (χ1v) is 7.63. The van der Waals surface area contributed by atoms with Gasteiger partial charge in [-0.05, 0) is 30.3 Å². The standard InChI is InChI=1S/C17H10ClFN4O2/c18-10-2-1-3-11(19)14(10)16-21-12-5-4-8(17(24)25)6-9(12)15-13(22-16)7-20-23-15/h1-7H,(H,20,23)(H,21,22)(H,24,25). The number of carboxylic acids is 1. The van der Waals surface area contributed by atoms with Crippen molar-refractivity contribution in [3.05, 3.63) is 64.6 Å². The zero-order valence-corrected chi connectivity index (χ0v) is 13.3. The molecule has 0 bridgehead atoms. The van der Waals surface area contributed by atoms with Crippen LogP contribution in [0.25, 0.3) is 11.3 Å². The fourth-order valence-corrected chi connectivity index (χ4v) is 2.92. The molecule has 1 aliphatic rings. The van der Waals surface area contributed by atoms with Crippen molar-refractivity contribution in [1.29, 1.82) is 0 Å². The van der Waals surface area contributed by atoms with Crippen molar-refractivity contribution in [3.8, 4) is 11.3 Å². The molecule has 3 aromatic rings. The number of nitrogens with one attached hydrogen (secondary N) is 2. The zero-order chi connectivity index (χ0) is 17.6. The number of benzene rings is 2. The summed E-state index contributed by atoms with van der Waals surface area (Å²) in [4.78, 5) is 15.7. The van der Waals surface area contributed by atoms with E-state index in [-0.39, 0.29) is 22.0 Å². The molecule has 25 heavy (non-hydrogen) atoms. The molecule has 0 saturated heterocycles. The van der Waals surface area contributed by atoms with Crippen LogP contribution < -0.4 is 5.32 Å². The number of aromatic nitrogens is 2. The molecule has 0 amide bonds. The fourth-order valence-electron chi connectivity index (χ4n) is 2.67. The van der Waals surface area contributed by atoms with Crippen LogP contribution in [0.5, 0.6) is 0 Å². The Hall–Kier alpha value is -3.19. The summed E-state index contributed by atoms with van der Waals surface area (Å²) < 4.78 is 14.3. The third kappa shape index (κ3) is 2.54. The fraction of sp³-hybridized carbons (Fsp3) is 0. The van der Waals surface area contributed by atoms with Gasteiger partial charge < -0.3 is 10.4 Å². The van der Waals surface area contributed by atoms with Crippen LogP contribution in [0.4, 0.5) is 15.8 Å². The first kappa shape index (κ1) is 15.3. The number of rotatable bonds is 2. The number of hydrogen-bond donors (Lipinski definition) is 3. The van der Waals surface area contributed by atoms with Crippen LogP contribution in [0.2, 0.25) is 5.02 Å². The number of halogens is 2. The highest BCUT2D eigenvalue weighted by molar-refractivity contribution is 6.35. The number of aromatic amines is 1. The van der Waals surface area contributed by atoms with E-state index < -0.39 is 11.8 Å². The summed E-state index contributed by atoms with van der Waals surface area (Å²) in [7, 11) is 0. The van der Waals surface area contributed by atoms with Crippen LogP contribution in [0.15, 0.2) is 47.6 Å². The molecule has 2 heterocycles. The Kier molecular flexibility index (Phi) is 3.51. The lowest BCUT2D eigenvalue weighted by Gasteiger charge is -2.10. The van der Waals surface area contributed by atoms with E-state index in [4.69, 9.17) is 11.6 Å². The van der Waals surface area contributed by atoms with Gasteiger partial charge in [-0.15, -0.1) is 0 Å². The number of aromatic carboxylic acids is 1. The van der Waals surface area contributed by atoms with Crippen molar-refractivity contribution in [1.82, 2.24) is 10.2 Å². The molecule has 0 unspecified atom stereocenters. The molecule has 4 rings (SSSR count). The Morgan fingerprint density at radius 1 is 1.24 bits per heavy atom. The lowest BCUT2D eigenvalue weighted by molar-refractivity contribution is 0.0697. The van der Waals surface area contributed by atoms with E-state index in [2.05, 4.69) is 20.5 Å². The number of aliphatic imine (C=N–C) groups is 1. The number of nitrogens with zero attached hydrogens (tertiary/aromatic N) is 2. The summed E-state index contributed by atoms with van der Waals surface area (Å²) in [6, 6.07) is 8.86. The maximum absolute atomic E-state index is 14.3. The molecular weight excluding hydrogens is 347 g/mol. The molecule has 6 nitrogen and oxygen atoms in total. The number of fused-ring (bicyclic) bond motifs is 3. The number of anilines is 1. The number of carbonyl (C=O) groups is 1. The third-order valence-electron chi connectivity index (χ3n) is 3.84. The second kappa shape index (κ2) is 5.71. The van der Waals surface area contributed by atoms with E-state index >= 15 is 0 Å². The lowest BCUT2D eigenvalue weighted by Crippen LogP contribution is -2.15. The van der Waals surface area contributed by atoms with E-state index in [9.17, 15) is 14.3 Å². The molecule has 8 heteroatoms. The normalized spacial score (nSPS) is 12.5. The van der Waals surface area contributed by atoms with Crippen molar-refractivity contribution in [3.63, 3.8) is 0 Å². The molecular formula is C17H10ClFN4O2. The average molecular weight is 357 g/mol. The van der Waals surface area contributed by atoms with Gasteiger partial charge in [-0.25, -0.2) is 14.2 Å². The highest BCUT2D eigenvalue weighted by Gasteiger charge is 2.23. The quantitative estimate of drug-likeness (QED) is 0.645. The first-order valence-electron chi connectivity index (χ1n) is 7.26. The van der Waals surface area contributed by atoms with E-state index in [0.717, 1.165) is 0 Å². The molecule has 0 atom stereocenters. The highest BCUT2D eigenvalue weighted by Crippen LogP contribution is 2.38. The molecule has 0 fully saturated rings. The monoisotopic (exact) mass is 356 g/mol. The van der Waals surface area contributed by atoms with Crippen molar-refractivity contribution in [2.75, 3.05) is 5.32 Å². The van der Waals surface area contributed by atoms with Crippen LogP contribution >= 0.6 is 11.6 Å². The Morgan fingerprint density at radius 2 is 2.08 bits per heavy atom. The highest BCUT2D eigenvalue weighted by atomic mass is 35.5. The molecule has 1 aliphatic heterocycles. The maximum atomic E-state index is 14.3. The SMILES string of the molecule is O=C(O)c1ccc2c(c1)-c1[nH]ncc1NC(c1c(F)cccc1Cl)=N2. The van der Waals surface area contributed by atoms with Crippen LogP contribution in [0.3, 0.4) is 0 Å². The number of carboxylic acid groups (broad SMARTS) is 1. The van der Waals surface area contributed by atoms with Gasteiger partial charge in [0.15, 0.2) is 0 Å². The van der Waals surface area contributed by atoms with Crippen LogP contribution in [-0.4, -0.2) is 27.1 Å². The van der Waals surface area contributed by atoms with Crippen molar-refractivity contribution < 1.29 is 14.3 Å². The topological polar surface area (TPSA) is 90.4 Å². The third-order valence-corrected chi connectivity index (χ3v) is 4.15. The van der Waals surface area contributed by atoms with Gasteiger partial charge in [0.25, 0.3) is 0 Å². The van der Waals surface area contributed by atoms with E-state index in [1.54, 1.807) is 12.1 Å². The van der Waals surface area contributed by atoms with Gasteiger partial charge in [-0.1, -0.05) is 17.7 Å². The minimum Gasteiger partial charge on any atom is -0.478 e. The zero-order valence-electron chi connectivity index (χ0n) is 12.5. The first-order chi connectivity index (χ1) is 12.0. The molecule has 1 aromatic heterocycles. The number of H-pyrrole nitrogens is 1. The van der Waals surface area contributed by atoms with Gasteiger partial charge in [0.05, 0.1) is 39.4 Å². The molecule has 2 aromatic carbocycles. The smallest absolute Gasteiger partial charge is 0.335 e. The molecule has 3 N–H and O–H groups in total. The predicted molar refractivity (Wildman–Crippen MR) is 92.2 cm³/mol. The van der Waals surface area contributed by atoms with Gasteiger partial charge in [0, 0.05) is 5.56 Å². The Morgan fingerprint density at radius 3 is 2.84 bits per heavy atom. The minimum absolute atomic E-state index is 0.113. The van der Waals surface area contributed by atoms with Crippen LogP contribution in [0.1, 0.15) is 15.9 Å². The van der Waals surface area contributed by atoms with Gasteiger partial charge in [0.2, 0.25) is 0 Å². The van der Waals surface area contributed by atoms with Crippen LogP contribution in [0, 0.1) is 5.82 Å². The van der Waals surface area contributed by atoms with Gasteiger partial charge in [-0.3, -0.25) is 5.10 Å². The average Bonchev–Trinajstić information content (AvgIpc) is 2.97. The second-order valence-electron chi connectivity index (χ2n) is 5.38. The molecule has 0 radical (unpaired) electrons. The number of amidine groups is 1. The lowest BCUT2D eigenvalue weighted by atomic mass is 10.1. The van der Waals surface area contributed by atoms with Crippen molar-refractivity contribution >= 4 is 34.8 Å². The largest absolute Gasteiger partial charge is 0.478 e. The Balaban J connectivity index is 1.98. The summed E-state index contributed by atoms with van der Waals surface area (Å²) >= 11 is 6.15. The van der Waals surface area contributed by atoms with Gasteiger partial charge in [0.1, 0.15) is 11.7 Å². The molecule has 124 valence electrons. The summed E-state index contributed by atoms with van der Waals surface area (Å²) in [5.41, 5.74) is 2.36. The van der Waals surface area contributed by atoms with Gasteiger partial charge in [-0.2, -0.15) is 5.10 Å². The summed E-state index contributed by atoms with van der Waals surface area (Å²) in [6.07, 6.45) is 1.52. The minimum atomic E-state index is -1.05. The molecule has 0 saturated carbocycles. The Bertz CT molecular complexity index is 1020. The molecule has 0 spiro atoms. The number of hydrogen-bond acceptors (Lipinski definition) is 4. The van der Waals surface area contributed by atoms with E-state index in [1.807, 2.05) is 0 Å². The van der Waals surface area contributed by atoms with E-state index in [1.165, 1.54) is 30.5 Å². The Labute approximate surface area is 146 Å². The second-order valence-corrected chi connectivity index (χ2v) is 5.79. The molecule has 0 aliphatic carbocycles.